The molecular weight excluding hydrogens is 245 g/mol. The maximum Gasteiger partial charge on any atom is 0.166 e. The highest BCUT2D eigenvalue weighted by molar-refractivity contribution is 5.97. The Bertz CT molecular complexity index is 411. The first-order valence-corrected chi connectivity index (χ1v) is 6.72. The summed E-state index contributed by atoms with van der Waals surface area (Å²) in [6.45, 7) is 3.52. The molecule has 1 heterocycles. The lowest BCUT2D eigenvalue weighted by Gasteiger charge is -2.30. The smallest absolute Gasteiger partial charge is 0.166 e. The van der Waals surface area contributed by atoms with Crippen LogP contribution in [0.4, 0.5) is 4.39 Å². The van der Waals surface area contributed by atoms with Gasteiger partial charge >= 0.3 is 0 Å². The third-order valence-corrected chi connectivity index (χ3v) is 3.70. The summed E-state index contributed by atoms with van der Waals surface area (Å²) >= 11 is 0. The molecule has 0 spiro atoms. The number of carbonyl (C=O) groups excluding carboxylic acids is 1. The van der Waals surface area contributed by atoms with E-state index in [1.807, 2.05) is 0 Å². The summed E-state index contributed by atoms with van der Waals surface area (Å²) in [5.74, 6) is -0.0819. The number of Topliss-reactive ketones (excluding diaryl/α,β-unsaturated/α-hetero) is 1. The summed E-state index contributed by atoms with van der Waals surface area (Å²) in [6.07, 6.45) is 1.75. The molecule has 1 aromatic rings. The van der Waals surface area contributed by atoms with Crippen molar-refractivity contribution in [3.8, 4) is 0 Å². The monoisotopic (exact) mass is 265 g/mol. The zero-order valence-corrected chi connectivity index (χ0v) is 11.3. The SMILES string of the molecule is COCCN1CCC(C(=O)c2ccc(F)cc2)CC1. The third kappa shape index (κ3) is 3.85. The Morgan fingerprint density at radius 2 is 1.95 bits per heavy atom. The lowest BCUT2D eigenvalue weighted by molar-refractivity contribution is 0.0803. The Kier molecular flexibility index (Phi) is 5.05. The molecule has 1 aliphatic rings. The number of rotatable bonds is 5. The maximum absolute atomic E-state index is 12.8. The van der Waals surface area contributed by atoms with Gasteiger partial charge in [-0.25, -0.2) is 4.39 Å². The molecule has 3 nitrogen and oxygen atoms in total. The van der Waals surface area contributed by atoms with Crippen molar-refractivity contribution in [2.24, 2.45) is 5.92 Å². The van der Waals surface area contributed by atoms with Crippen molar-refractivity contribution in [2.75, 3.05) is 33.4 Å². The summed E-state index contributed by atoms with van der Waals surface area (Å²) in [7, 11) is 1.70. The van der Waals surface area contributed by atoms with Crippen molar-refractivity contribution in [1.82, 2.24) is 4.90 Å². The van der Waals surface area contributed by atoms with Crippen LogP contribution >= 0.6 is 0 Å². The first-order chi connectivity index (χ1) is 9.20. The van der Waals surface area contributed by atoms with Crippen LogP contribution in [0.5, 0.6) is 0 Å². The van der Waals surface area contributed by atoms with Crippen LogP contribution in [0.3, 0.4) is 0 Å². The molecular formula is C15H20FNO2. The van der Waals surface area contributed by atoms with Crippen molar-refractivity contribution in [3.63, 3.8) is 0 Å². The Morgan fingerprint density at radius 1 is 1.32 bits per heavy atom. The molecule has 0 N–H and O–H groups in total. The first-order valence-electron chi connectivity index (χ1n) is 6.72. The van der Waals surface area contributed by atoms with Gasteiger partial charge in [0.05, 0.1) is 6.61 Å². The summed E-state index contributed by atoms with van der Waals surface area (Å²) < 4.78 is 17.9. The van der Waals surface area contributed by atoms with Crippen molar-refractivity contribution < 1.29 is 13.9 Å². The van der Waals surface area contributed by atoms with Crippen LogP contribution in [-0.2, 0) is 4.74 Å². The molecule has 19 heavy (non-hydrogen) atoms. The number of ether oxygens (including phenoxy) is 1. The summed E-state index contributed by atoms with van der Waals surface area (Å²) in [5, 5.41) is 0. The quantitative estimate of drug-likeness (QED) is 0.765. The van der Waals surface area contributed by atoms with Gasteiger partial charge in [-0.2, -0.15) is 0 Å². The van der Waals surface area contributed by atoms with E-state index >= 15 is 0 Å². The standard InChI is InChI=1S/C15H20FNO2/c1-19-11-10-17-8-6-13(7-9-17)15(18)12-2-4-14(16)5-3-12/h2-5,13H,6-11H2,1H3. The van der Waals surface area contributed by atoms with E-state index in [1.54, 1.807) is 19.2 Å². The number of piperidine rings is 1. The van der Waals surface area contributed by atoms with E-state index in [4.69, 9.17) is 4.74 Å². The summed E-state index contributed by atoms with van der Waals surface area (Å²) in [4.78, 5) is 14.6. The van der Waals surface area contributed by atoms with Crippen LogP contribution in [0.25, 0.3) is 0 Å². The van der Waals surface area contributed by atoms with Crippen LogP contribution in [0.2, 0.25) is 0 Å². The fourth-order valence-corrected chi connectivity index (χ4v) is 2.49. The van der Waals surface area contributed by atoms with E-state index in [0.717, 1.165) is 39.1 Å². The number of likely N-dealkylation sites (tertiary alicyclic amines) is 1. The average Bonchev–Trinajstić information content (AvgIpc) is 2.46. The largest absolute Gasteiger partial charge is 0.383 e. The minimum atomic E-state index is -0.300. The number of benzene rings is 1. The number of nitrogens with zero attached hydrogens (tertiary/aromatic N) is 1. The Labute approximate surface area is 113 Å². The fraction of sp³-hybridized carbons (Fsp3) is 0.533. The molecule has 0 saturated carbocycles. The Morgan fingerprint density at radius 3 is 2.53 bits per heavy atom. The van der Waals surface area contributed by atoms with Gasteiger partial charge in [-0.3, -0.25) is 4.79 Å². The lowest BCUT2D eigenvalue weighted by Crippen LogP contribution is -2.38. The highest BCUT2D eigenvalue weighted by atomic mass is 19.1. The predicted octanol–water partition coefficient (Wildman–Crippen LogP) is 2.37. The van der Waals surface area contributed by atoms with Gasteiger partial charge in [0.25, 0.3) is 0 Å². The summed E-state index contributed by atoms with van der Waals surface area (Å²) in [6, 6.07) is 5.85. The van der Waals surface area contributed by atoms with Crippen molar-refractivity contribution in [2.45, 2.75) is 12.8 Å². The van der Waals surface area contributed by atoms with Gasteiger partial charge in [0.2, 0.25) is 0 Å². The van der Waals surface area contributed by atoms with Crippen LogP contribution in [0, 0.1) is 11.7 Å². The van der Waals surface area contributed by atoms with Crippen LogP contribution in [-0.4, -0.2) is 44.0 Å². The molecule has 1 saturated heterocycles. The van der Waals surface area contributed by atoms with Gasteiger partial charge < -0.3 is 9.64 Å². The van der Waals surface area contributed by atoms with Gasteiger partial charge in [-0.1, -0.05) is 0 Å². The molecule has 0 bridgehead atoms. The third-order valence-electron chi connectivity index (χ3n) is 3.70. The van der Waals surface area contributed by atoms with Crippen molar-refractivity contribution >= 4 is 5.78 Å². The molecule has 0 radical (unpaired) electrons. The van der Waals surface area contributed by atoms with E-state index < -0.39 is 0 Å². The second kappa shape index (κ2) is 6.78. The van der Waals surface area contributed by atoms with Crippen molar-refractivity contribution in [3.05, 3.63) is 35.6 Å². The van der Waals surface area contributed by atoms with Gasteiger partial charge in [-0.05, 0) is 50.2 Å². The fourth-order valence-electron chi connectivity index (χ4n) is 2.49. The molecule has 0 atom stereocenters. The Balaban J connectivity index is 1.87. The van der Waals surface area contributed by atoms with E-state index in [-0.39, 0.29) is 17.5 Å². The number of ketones is 1. The molecule has 1 aromatic carbocycles. The normalized spacial score (nSPS) is 17.6. The van der Waals surface area contributed by atoms with Crippen LogP contribution in [0.15, 0.2) is 24.3 Å². The maximum atomic E-state index is 12.8. The first kappa shape index (κ1) is 14.2. The molecule has 0 amide bonds. The average molecular weight is 265 g/mol. The molecule has 1 fully saturated rings. The molecule has 1 aliphatic heterocycles. The number of hydrogen-bond donors (Lipinski definition) is 0. The van der Waals surface area contributed by atoms with Gasteiger partial charge in [0.1, 0.15) is 5.82 Å². The van der Waals surface area contributed by atoms with Gasteiger partial charge in [0.15, 0.2) is 5.78 Å². The zero-order valence-electron chi connectivity index (χ0n) is 11.3. The number of methoxy groups -OCH3 is 1. The highest BCUT2D eigenvalue weighted by Gasteiger charge is 2.25. The van der Waals surface area contributed by atoms with Gasteiger partial charge in [-0.15, -0.1) is 0 Å². The lowest BCUT2D eigenvalue weighted by atomic mass is 9.89. The molecule has 0 aromatic heterocycles. The summed E-state index contributed by atoms with van der Waals surface area (Å²) in [5.41, 5.74) is 0.622. The molecule has 0 aliphatic carbocycles. The second-order valence-corrected chi connectivity index (χ2v) is 4.98. The van der Waals surface area contributed by atoms with E-state index in [2.05, 4.69) is 4.90 Å². The Hall–Kier alpha value is -1.26. The van der Waals surface area contributed by atoms with Crippen molar-refractivity contribution in [1.29, 1.82) is 0 Å². The minimum absolute atomic E-state index is 0.0734. The topological polar surface area (TPSA) is 29.5 Å². The zero-order chi connectivity index (χ0) is 13.7. The molecule has 0 unspecified atom stereocenters. The number of hydrogen-bond acceptors (Lipinski definition) is 3. The van der Waals surface area contributed by atoms with Gasteiger partial charge in [0, 0.05) is 25.1 Å². The van der Waals surface area contributed by atoms with E-state index in [0.29, 0.717) is 5.56 Å². The van der Waals surface area contributed by atoms with Crippen LogP contribution < -0.4 is 0 Å². The number of halogens is 1. The highest BCUT2D eigenvalue weighted by Crippen LogP contribution is 2.21. The molecule has 4 heteroatoms. The predicted molar refractivity (Wildman–Crippen MR) is 71.8 cm³/mol. The van der Waals surface area contributed by atoms with E-state index in [9.17, 15) is 9.18 Å². The van der Waals surface area contributed by atoms with Crippen LogP contribution in [0.1, 0.15) is 23.2 Å². The van der Waals surface area contributed by atoms with E-state index in [1.165, 1.54) is 12.1 Å². The second-order valence-electron chi connectivity index (χ2n) is 4.98. The number of carbonyl (C=O) groups is 1. The molecule has 104 valence electrons. The molecule has 2 rings (SSSR count). The minimum Gasteiger partial charge on any atom is -0.383 e.